The molecule has 2 unspecified atom stereocenters. The third kappa shape index (κ3) is 4.81. The summed E-state index contributed by atoms with van der Waals surface area (Å²) in [6.45, 7) is 5.56. The first-order chi connectivity index (χ1) is 10.1. The maximum absolute atomic E-state index is 13.0. The van der Waals surface area contributed by atoms with E-state index in [1.165, 1.54) is 12.1 Å². The molecule has 1 amide bonds. The van der Waals surface area contributed by atoms with Crippen molar-refractivity contribution in [1.29, 1.82) is 0 Å². The number of benzene rings is 1. The largest absolute Gasteiger partial charge is 0.376 e. The van der Waals surface area contributed by atoms with Gasteiger partial charge in [0.15, 0.2) is 0 Å². The summed E-state index contributed by atoms with van der Waals surface area (Å²) >= 11 is 0. The molecule has 2 atom stereocenters. The van der Waals surface area contributed by atoms with E-state index in [4.69, 9.17) is 4.74 Å². The van der Waals surface area contributed by atoms with Crippen LogP contribution in [0.15, 0.2) is 24.3 Å². The predicted octanol–water partition coefficient (Wildman–Crippen LogP) is 3.25. The van der Waals surface area contributed by atoms with Crippen molar-refractivity contribution >= 4 is 5.91 Å². The Labute approximate surface area is 125 Å². The van der Waals surface area contributed by atoms with Gasteiger partial charge in [0, 0.05) is 19.6 Å². The highest BCUT2D eigenvalue weighted by Gasteiger charge is 2.21. The molecular formula is C17H24FNO2. The lowest BCUT2D eigenvalue weighted by atomic mass is 9.85. The molecule has 1 N–H and O–H groups in total. The molecule has 3 nitrogen and oxygen atoms in total. The number of halogens is 1. The molecule has 1 aromatic carbocycles. The monoisotopic (exact) mass is 293 g/mol. The van der Waals surface area contributed by atoms with Gasteiger partial charge in [0.1, 0.15) is 5.82 Å². The topological polar surface area (TPSA) is 38.3 Å². The molecule has 21 heavy (non-hydrogen) atoms. The molecule has 1 aliphatic rings. The predicted molar refractivity (Wildman–Crippen MR) is 80.6 cm³/mol. The van der Waals surface area contributed by atoms with Gasteiger partial charge in [0.05, 0.1) is 6.10 Å². The normalized spacial score (nSPS) is 19.7. The van der Waals surface area contributed by atoms with Crippen LogP contribution in [0, 0.1) is 11.7 Å². The Morgan fingerprint density at radius 1 is 1.38 bits per heavy atom. The van der Waals surface area contributed by atoms with Gasteiger partial charge < -0.3 is 10.1 Å². The lowest BCUT2D eigenvalue weighted by Crippen LogP contribution is -2.33. The maximum Gasteiger partial charge on any atom is 0.220 e. The van der Waals surface area contributed by atoms with Crippen molar-refractivity contribution in [3.05, 3.63) is 35.6 Å². The highest BCUT2D eigenvalue weighted by molar-refractivity contribution is 5.77. The summed E-state index contributed by atoms with van der Waals surface area (Å²) in [7, 11) is 0. The SMILES string of the molecule is CC(C)C(CC(=O)NCC1CCCO1)c1ccc(F)cc1. The number of amides is 1. The first-order valence-corrected chi connectivity index (χ1v) is 7.70. The second kappa shape index (κ2) is 7.55. The number of carbonyl (C=O) groups excluding carboxylic acids is 1. The molecule has 1 aromatic rings. The number of carbonyl (C=O) groups is 1. The second-order valence-electron chi connectivity index (χ2n) is 6.05. The van der Waals surface area contributed by atoms with E-state index in [9.17, 15) is 9.18 Å². The lowest BCUT2D eigenvalue weighted by Gasteiger charge is -2.21. The van der Waals surface area contributed by atoms with Gasteiger partial charge in [-0.25, -0.2) is 4.39 Å². The number of hydrogen-bond donors (Lipinski definition) is 1. The van der Waals surface area contributed by atoms with Gasteiger partial charge in [-0.15, -0.1) is 0 Å². The van der Waals surface area contributed by atoms with Gasteiger partial charge in [0.2, 0.25) is 5.91 Å². The van der Waals surface area contributed by atoms with Gasteiger partial charge >= 0.3 is 0 Å². The van der Waals surface area contributed by atoms with Crippen LogP contribution in [-0.4, -0.2) is 25.2 Å². The fraction of sp³-hybridized carbons (Fsp3) is 0.588. The zero-order chi connectivity index (χ0) is 15.2. The van der Waals surface area contributed by atoms with Crippen molar-refractivity contribution in [2.75, 3.05) is 13.2 Å². The van der Waals surface area contributed by atoms with E-state index in [-0.39, 0.29) is 23.7 Å². The van der Waals surface area contributed by atoms with Crippen molar-refractivity contribution in [1.82, 2.24) is 5.32 Å². The van der Waals surface area contributed by atoms with Crippen molar-refractivity contribution in [2.24, 2.45) is 5.92 Å². The molecule has 0 aromatic heterocycles. The van der Waals surface area contributed by atoms with Gasteiger partial charge in [-0.1, -0.05) is 26.0 Å². The summed E-state index contributed by atoms with van der Waals surface area (Å²) < 4.78 is 18.5. The third-order valence-corrected chi connectivity index (χ3v) is 4.06. The fourth-order valence-electron chi connectivity index (χ4n) is 2.75. The van der Waals surface area contributed by atoms with Crippen LogP contribution >= 0.6 is 0 Å². The first kappa shape index (κ1) is 16.0. The van der Waals surface area contributed by atoms with Crippen LogP contribution in [0.3, 0.4) is 0 Å². The van der Waals surface area contributed by atoms with Crippen molar-refractivity contribution in [3.63, 3.8) is 0 Å². The quantitative estimate of drug-likeness (QED) is 0.874. The summed E-state index contributed by atoms with van der Waals surface area (Å²) in [5, 5.41) is 2.95. The van der Waals surface area contributed by atoms with E-state index in [1.54, 1.807) is 12.1 Å². The van der Waals surface area contributed by atoms with E-state index in [0.29, 0.717) is 18.9 Å². The van der Waals surface area contributed by atoms with Crippen LogP contribution in [0.25, 0.3) is 0 Å². The average Bonchev–Trinajstić information content (AvgIpc) is 2.97. The molecular weight excluding hydrogens is 269 g/mol. The minimum Gasteiger partial charge on any atom is -0.376 e. The van der Waals surface area contributed by atoms with E-state index in [0.717, 1.165) is 25.0 Å². The summed E-state index contributed by atoms with van der Waals surface area (Å²) in [5.74, 6) is 0.219. The summed E-state index contributed by atoms with van der Waals surface area (Å²) in [5.41, 5.74) is 1.01. The number of ether oxygens (including phenoxy) is 1. The highest BCUT2D eigenvalue weighted by atomic mass is 19.1. The molecule has 116 valence electrons. The third-order valence-electron chi connectivity index (χ3n) is 4.06. The van der Waals surface area contributed by atoms with Crippen LogP contribution in [-0.2, 0) is 9.53 Å². The fourth-order valence-corrected chi connectivity index (χ4v) is 2.75. The van der Waals surface area contributed by atoms with Gasteiger partial charge in [-0.2, -0.15) is 0 Å². The Morgan fingerprint density at radius 2 is 2.10 bits per heavy atom. The standard InChI is InChI=1S/C17H24FNO2/c1-12(2)16(13-5-7-14(18)8-6-13)10-17(20)19-11-15-4-3-9-21-15/h5-8,12,15-16H,3-4,9-11H2,1-2H3,(H,19,20). The van der Waals surface area contributed by atoms with Crippen LogP contribution in [0.1, 0.15) is 44.6 Å². The molecule has 0 bridgehead atoms. The summed E-state index contributed by atoms with van der Waals surface area (Å²) in [6, 6.07) is 6.45. The molecule has 4 heteroatoms. The molecule has 1 heterocycles. The number of rotatable bonds is 6. The lowest BCUT2D eigenvalue weighted by molar-refractivity contribution is -0.122. The zero-order valence-electron chi connectivity index (χ0n) is 12.8. The molecule has 0 saturated carbocycles. The Kier molecular flexibility index (Phi) is 5.74. The Bertz CT molecular complexity index is 452. The number of hydrogen-bond acceptors (Lipinski definition) is 2. The summed E-state index contributed by atoms with van der Waals surface area (Å²) in [6.07, 6.45) is 2.68. The Hall–Kier alpha value is -1.42. The Balaban J connectivity index is 1.89. The van der Waals surface area contributed by atoms with Crippen LogP contribution in [0.4, 0.5) is 4.39 Å². The van der Waals surface area contributed by atoms with Crippen molar-refractivity contribution in [3.8, 4) is 0 Å². The van der Waals surface area contributed by atoms with Gasteiger partial charge in [-0.05, 0) is 42.4 Å². The molecule has 0 radical (unpaired) electrons. The molecule has 1 aliphatic heterocycles. The van der Waals surface area contributed by atoms with E-state index >= 15 is 0 Å². The summed E-state index contributed by atoms with van der Waals surface area (Å²) in [4.78, 5) is 12.1. The molecule has 2 rings (SSSR count). The van der Waals surface area contributed by atoms with Gasteiger partial charge in [0.25, 0.3) is 0 Å². The molecule has 1 fully saturated rings. The molecule has 0 aliphatic carbocycles. The van der Waals surface area contributed by atoms with Crippen LogP contribution < -0.4 is 5.32 Å². The van der Waals surface area contributed by atoms with Crippen LogP contribution in [0.2, 0.25) is 0 Å². The van der Waals surface area contributed by atoms with E-state index in [1.807, 2.05) is 0 Å². The minimum atomic E-state index is -0.246. The van der Waals surface area contributed by atoms with E-state index in [2.05, 4.69) is 19.2 Å². The maximum atomic E-state index is 13.0. The van der Waals surface area contributed by atoms with Gasteiger partial charge in [-0.3, -0.25) is 4.79 Å². The first-order valence-electron chi connectivity index (χ1n) is 7.70. The molecule has 1 saturated heterocycles. The minimum absolute atomic E-state index is 0.0357. The zero-order valence-corrected chi connectivity index (χ0v) is 12.8. The molecule has 0 spiro atoms. The van der Waals surface area contributed by atoms with Crippen molar-refractivity contribution < 1.29 is 13.9 Å². The highest BCUT2D eigenvalue weighted by Crippen LogP contribution is 2.28. The number of nitrogens with one attached hydrogen (secondary N) is 1. The van der Waals surface area contributed by atoms with Crippen LogP contribution in [0.5, 0.6) is 0 Å². The smallest absolute Gasteiger partial charge is 0.220 e. The second-order valence-corrected chi connectivity index (χ2v) is 6.05. The average molecular weight is 293 g/mol. The van der Waals surface area contributed by atoms with Crippen molar-refractivity contribution in [2.45, 2.75) is 45.1 Å². The Morgan fingerprint density at radius 3 is 2.67 bits per heavy atom. The van der Waals surface area contributed by atoms with E-state index < -0.39 is 0 Å².